The quantitative estimate of drug-likeness (QED) is 0.718. The number of anilines is 2. The predicted molar refractivity (Wildman–Crippen MR) is 101 cm³/mol. The summed E-state index contributed by atoms with van der Waals surface area (Å²) in [4.78, 5) is 16.6. The molecule has 1 aromatic carbocycles. The fraction of sp³-hybridized carbons (Fsp3) is 0.125. The van der Waals surface area contributed by atoms with Crippen molar-refractivity contribution in [3.05, 3.63) is 57.7 Å². The minimum atomic E-state index is -3.73. The zero-order valence-electron chi connectivity index (χ0n) is 13.5. The van der Waals surface area contributed by atoms with Gasteiger partial charge in [-0.25, -0.2) is 13.4 Å². The summed E-state index contributed by atoms with van der Waals surface area (Å²) in [5.41, 5.74) is 1.54. The first-order valence-electron chi connectivity index (χ1n) is 7.23. The van der Waals surface area contributed by atoms with Crippen LogP contribution in [-0.2, 0) is 10.0 Å². The molecule has 0 saturated heterocycles. The summed E-state index contributed by atoms with van der Waals surface area (Å²) in [6, 6.07) is 8.61. The van der Waals surface area contributed by atoms with E-state index in [1.807, 2.05) is 13.0 Å². The monoisotopic (exact) mass is 393 g/mol. The minimum absolute atomic E-state index is 0.0887. The molecule has 1 N–H and O–H groups in total. The van der Waals surface area contributed by atoms with E-state index in [2.05, 4.69) is 10.3 Å². The number of hydrogen-bond acceptors (Lipinski definition) is 6. The number of thiazole rings is 1. The number of aromatic nitrogens is 1. The van der Waals surface area contributed by atoms with E-state index in [4.69, 9.17) is 0 Å². The molecule has 0 bridgehead atoms. The molecular weight excluding hydrogens is 378 g/mol. The van der Waals surface area contributed by atoms with E-state index in [-0.39, 0.29) is 10.8 Å². The van der Waals surface area contributed by atoms with E-state index < -0.39 is 10.0 Å². The maximum atomic E-state index is 12.8. The number of benzene rings is 1. The molecule has 9 heteroatoms. The zero-order valence-corrected chi connectivity index (χ0v) is 15.9. The maximum Gasteiger partial charge on any atom is 0.267 e. The van der Waals surface area contributed by atoms with E-state index in [0.29, 0.717) is 15.7 Å². The highest BCUT2D eigenvalue weighted by Crippen LogP contribution is 2.27. The van der Waals surface area contributed by atoms with E-state index in [9.17, 15) is 13.2 Å². The molecule has 2 heterocycles. The van der Waals surface area contributed by atoms with Crippen LogP contribution in [0.3, 0.4) is 0 Å². The Morgan fingerprint density at radius 1 is 1.24 bits per heavy atom. The van der Waals surface area contributed by atoms with Gasteiger partial charge in [0.25, 0.3) is 15.9 Å². The van der Waals surface area contributed by atoms with Gasteiger partial charge in [-0.2, -0.15) is 0 Å². The Hall–Kier alpha value is -2.23. The van der Waals surface area contributed by atoms with Gasteiger partial charge in [-0.1, -0.05) is 12.1 Å². The predicted octanol–water partition coefficient (Wildman–Crippen LogP) is 3.59. The van der Waals surface area contributed by atoms with Crippen molar-refractivity contribution in [1.82, 2.24) is 4.98 Å². The van der Waals surface area contributed by atoms with Crippen molar-refractivity contribution in [3.63, 3.8) is 0 Å². The number of carbonyl (C=O) groups excluding carboxylic acids is 1. The lowest BCUT2D eigenvalue weighted by Gasteiger charge is -2.19. The standard InChI is InChI=1S/C16H15N3O3S3/c1-11-4-3-5-12(8-11)19(2)25(21,22)13-9-14(24-10-13)15(20)18-16-17-6-7-23-16/h3-10H,1-2H3,(H,17,18,20). The number of hydrogen-bond donors (Lipinski definition) is 1. The normalized spacial score (nSPS) is 11.3. The van der Waals surface area contributed by atoms with Gasteiger partial charge >= 0.3 is 0 Å². The van der Waals surface area contributed by atoms with Crippen molar-refractivity contribution in [3.8, 4) is 0 Å². The van der Waals surface area contributed by atoms with Crippen LogP contribution in [0.15, 0.2) is 52.2 Å². The van der Waals surface area contributed by atoms with Crippen LogP contribution in [0.5, 0.6) is 0 Å². The Morgan fingerprint density at radius 2 is 2.04 bits per heavy atom. The molecule has 25 heavy (non-hydrogen) atoms. The summed E-state index contributed by atoms with van der Waals surface area (Å²) in [5, 5.41) is 6.33. The summed E-state index contributed by atoms with van der Waals surface area (Å²) in [7, 11) is -2.24. The smallest absolute Gasteiger partial charge is 0.267 e. The number of thiophene rings is 1. The first kappa shape index (κ1) is 17.6. The van der Waals surface area contributed by atoms with Gasteiger partial charge in [0.05, 0.1) is 15.5 Å². The molecule has 1 amide bonds. The third kappa shape index (κ3) is 3.73. The molecule has 0 spiro atoms. The fourth-order valence-electron chi connectivity index (χ4n) is 2.14. The number of nitrogens with zero attached hydrogens (tertiary/aromatic N) is 2. The van der Waals surface area contributed by atoms with Gasteiger partial charge in [0.2, 0.25) is 0 Å². The third-order valence-corrected chi connectivity index (χ3v) is 7.01. The Balaban J connectivity index is 1.84. The summed E-state index contributed by atoms with van der Waals surface area (Å²) in [6.45, 7) is 1.90. The second kappa shape index (κ2) is 6.95. The van der Waals surface area contributed by atoms with Crippen molar-refractivity contribution >= 4 is 49.4 Å². The second-order valence-electron chi connectivity index (χ2n) is 5.25. The number of sulfonamides is 1. The summed E-state index contributed by atoms with van der Waals surface area (Å²) < 4.78 is 26.8. The molecule has 0 atom stereocenters. The van der Waals surface area contributed by atoms with Crippen LogP contribution in [0.2, 0.25) is 0 Å². The van der Waals surface area contributed by atoms with Crippen molar-refractivity contribution in [1.29, 1.82) is 0 Å². The van der Waals surface area contributed by atoms with Gasteiger partial charge in [-0.15, -0.1) is 22.7 Å². The van der Waals surface area contributed by atoms with Gasteiger partial charge in [0, 0.05) is 24.0 Å². The molecule has 0 aliphatic rings. The largest absolute Gasteiger partial charge is 0.297 e. The highest BCUT2D eigenvalue weighted by molar-refractivity contribution is 7.93. The van der Waals surface area contributed by atoms with Gasteiger partial charge < -0.3 is 0 Å². The summed E-state index contributed by atoms with van der Waals surface area (Å²) in [5.74, 6) is -0.375. The molecule has 130 valence electrons. The maximum absolute atomic E-state index is 12.8. The topological polar surface area (TPSA) is 79.4 Å². The Labute approximate surface area is 153 Å². The van der Waals surface area contributed by atoms with E-state index >= 15 is 0 Å². The Bertz CT molecular complexity index is 995. The average Bonchev–Trinajstić information content (AvgIpc) is 3.25. The minimum Gasteiger partial charge on any atom is -0.297 e. The van der Waals surface area contributed by atoms with Gasteiger partial charge in [0.1, 0.15) is 0 Å². The molecule has 0 aliphatic heterocycles. The van der Waals surface area contributed by atoms with Gasteiger partial charge in [0.15, 0.2) is 5.13 Å². The van der Waals surface area contributed by atoms with Crippen LogP contribution in [-0.4, -0.2) is 26.4 Å². The molecule has 0 unspecified atom stereocenters. The van der Waals surface area contributed by atoms with Crippen LogP contribution in [0.1, 0.15) is 15.2 Å². The number of rotatable bonds is 5. The van der Waals surface area contributed by atoms with E-state index in [1.54, 1.807) is 29.8 Å². The Kier molecular flexibility index (Phi) is 4.89. The van der Waals surface area contributed by atoms with E-state index in [1.165, 1.54) is 34.1 Å². The number of nitrogens with one attached hydrogen (secondary N) is 1. The molecule has 0 aliphatic carbocycles. The van der Waals surface area contributed by atoms with Crippen LogP contribution in [0.4, 0.5) is 10.8 Å². The molecule has 0 saturated carbocycles. The average molecular weight is 394 g/mol. The van der Waals surface area contributed by atoms with Gasteiger partial charge in [-0.3, -0.25) is 14.4 Å². The lowest BCUT2D eigenvalue weighted by atomic mass is 10.2. The lowest BCUT2D eigenvalue weighted by Crippen LogP contribution is -2.26. The van der Waals surface area contributed by atoms with Gasteiger partial charge in [-0.05, 0) is 30.7 Å². The first-order chi connectivity index (χ1) is 11.9. The van der Waals surface area contributed by atoms with Crippen molar-refractivity contribution in [2.45, 2.75) is 11.8 Å². The van der Waals surface area contributed by atoms with E-state index in [0.717, 1.165) is 16.9 Å². The van der Waals surface area contributed by atoms with Crippen LogP contribution >= 0.6 is 22.7 Å². The zero-order chi connectivity index (χ0) is 18.0. The molecule has 0 fully saturated rings. The molecule has 3 aromatic rings. The number of aryl methyl sites for hydroxylation is 1. The summed E-state index contributed by atoms with van der Waals surface area (Å²) in [6.07, 6.45) is 1.58. The second-order valence-corrected chi connectivity index (χ2v) is 9.02. The third-order valence-electron chi connectivity index (χ3n) is 3.48. The lowest BCUT2D eigenvalue weighted by molar-refractivity contribution is 0.103. The van der Waals surface area contributed by atoms with Crippen molar-refractivity contribution in [2.75, 3.05) is 16.7 Å². The number of carbonyl (C=O) groups is 1. The van der Waals surface area contributed by atoms with Crippen molar-refractivity contribution < 1.29 is 13.2 Å². The molecule has 2 aromatic heterocycles. The van der Waals surface area contributed by atoms with Crippen molar-refractivity contribution in [2.24, 2.45) is 0 Å². The van der Waals surface area contributed by atoms with Crippen LogP contribution in [0.25, 0.3) is 0 Å². The summed E-state index contributed by atoms with van der Waals surface area (Å²) >= 11 is 2.38. The molecule has 0 radical (unpaired) electrons. The SMILES string of the molecule is Cc1cccc(N(C)S(=O)(=O)c2csc(C(=O)Nc3nccs3)c2)c1. The molecular formula is C16H15N3O3S3. The molecule has 3 rings (SSSR count). The first-order valence-corrected chi connectivity index (χ1v) is 10.4. The molecule has 6 nitrogen and oxygen atoms in total. The number of amides is 1. The Morgan fingerprint density at radius 3 is 2.72 bits per heavy atom. The highest BCUT2D eigenvalue weighted by Gasteiger charge is 2.24. The van der Waals surface area contributed by atoms with Crippen LogP contribution < -0.4 is 9.62 Å². The highest BCUT2D eigenvalue weighted by atomic mass is 32.2. The fourth-order valence-corrected chi connectivity index (χ4v) is 5.01. The van der Waals surface area contributed by atoms with Crippen LogP contribution in [0, 0.1) is 6.92 Å².